The van der Waals surface area contributed by atoms with Gasteiger partial charge in [-0.3, -0.25) is 4.90 Å². The van der Waals surface area contributed by atoms with Crippen LogP contribution < -0.4 is 0 Å². The van der Waals surface area contributed by atoms with Gasteiger partial charge in [-0.15, -0.1) is 0 Å². The largest absolute Gasteiger partial charge is 0.393 e. The predicted octanol–water partition coefficient (Wildman–Crippen LogP) is 0.868. The molecule has 78 valence electrons. The molecule has 0 spiro atoms. The zero-order valence-electron chi connectivity index (χ0n) is 8.92. The first kappa shape index (κ1) is 11.0. The third-order valence-corrected chi connectivity index (χ3v) is 2.37. The molecule has 1 rings (SSSR count). The maximum atomic E-state index is 9.16. The Morgan fingerprint density at radius 2 is 2.23 bits per heavy atom. The molecular weight excluding hydrogens is 166 g/mol. The van der Waals surface area contributed by atoms with Crippen LogP contribution in [0.4, 0.5) is 0 Å². The van der Waals surface area contributed by atoms with E-state index < -0.39 is 0 Å². The molecule has 0 aromatic rings. The molecule has 1 saturated heterocycles. The topological polar surface area (TPSA) is 32.7 Å². The van der Waals surface area contributed by atoms with Gasteiger partial charge in [0.15, 0.2) is 0 Å². The highest BCUT2D eigenvalue weighted by atomic mass is 16.5. The van der Waals surface area contributed by atoms with Crippen LogP contribution in [0.1, 0.15) is 27.2 Å². The van der Waals surface area contributed by atoms with Gasteiger partial charge in [0, 0.05) is 19.6 Å². The molecule has 0 amide bonds. The highest BCUT2D eigenvalue weighted by Gasteiger charge is 2.26. The summed E-state index contributed by atoms with van der Waals surface area (Å²) in [6.45, 7) is 9.82. The second-order valence-corrected chi connectivity index (χ2v) is 4.52. The first-order chi connectivity index (χ1) is 5.99. The number of morpholine rings is 1. The van der Waals surface area contributed by atoms with Crippen LogP contribution in [-0.2, 0) is 4.74 Å². The maximum absolute atomic E-state index is 9.16. The Morgan fingerprint density at radius 1 is 1.54 bits per heavy atom. The van der Waals surface area contributed by atoms with Gasteiger partial charge in [0.05, 0.1) is 18.3 Å². The van der Waals surface area contributed by atoms with E-state index in [0.29, 0.717) is 0 Å². The Hall–Kier alpha value is -0.120. The Morgan fingerprint density at radius 3 is 2.77 bits per heavy atom. The summed E-state index contributed by atoms with van der Waals surface area (Å²) in [5.41, 5.74) is -0.0169. The summed E-state index contributed by atoms with van der Waals surface area (Å²) < 4.78 is 5.60. The first-order valence-electron chi connectivity index (χ1n) is 5.04. The van der Waals surface area contributed by atoms with E-state index in [9.17, 15) is 0 Å². The first-order valence-corrected chi connectivity index (χ1v) is 5.04. The van der Waals surface area contributed by atoms with Crippen LogP contribution in [-0.4, -0.2) is 48.0 Å². The van der Waals surface area contributed by atoms with Gasteiger partial charge in [-0.2, -0.15) is 0 Å². The van der Waals surface area contributed by atoms with Crippen molar-refractivity contribution in [2.45, 2.75) is 38.9 Å². The molecule has 0 aromatic heterocycles. The number of hydrogen-bond acceptors (Lipinski definition) is 3. The van der Waals surface area contributed by atoms with E-state index in [0.717, 1.165) is 32.7 Å². The standard InChI is InChI=1S/C10H21NO2/c1-9(12)4-5-11-6-7-13-10(2,3)8-11/h9,12H,4-8H2,1-3H3. The summed E-state index contributed by atoms with van der Waals surface area (Å²) in [6.07, 6.45) is 0.668. The molecule has 1 atom stereocenters. The third-order valence-electron chi connectivity index (χ3n) is 2.37. The van der Waals surface area contributed by atoms with E-state index in [2.05, 4.69) is 18.7 Å². The lowest BCUT2D eigenvalue weighted by Crippen LogP contribution is -2.48. The molecule has 13 heavy (non-hydrogen) atoms. The number of rotatable bonds is 3. The molecule has 0 radical (unpaired) electrons. The lowest BCUT2D eigenvalue weighted by atomic mass is 10.1. The van der Waals surface area contributed by atoms with Gasteiger partial charge in [0.25, 0.3) is 0 Å². The molecule has 1 aliphatic heterocycles. The normalized spacial score (nSPS) is 25.8. The van der Waals surface area contributed by atoms with E-state index in [-0.39, 0.29) is 11.7 Å². The zero-order chi connectivity index (χ0) is 9.90. The molecule has 0 bridgehead atoms. The van der Waals surface area contributed by atoms with Crippen molar-refractivity contribution in [1.29, 1.82) is 0 Å². The molecule has 3 nitrogen and oxygen atoms in total. The van der Waals surface area contributed by atoms with Gasteiger partial charge < -0.3 is 9.84 Å². The Bertz CT molecular complexity index is 157. The van der Waals surface area contributed by atoms with Gasteiger partial charge >= 0.3 is 0 Å². The minimum absolute atomic E-state index is 0.0169. The van der Waals surface area contributed by atoms with Crippen molar-refractivity contribution < 1.29 is 9.84 Å². The fourth-order valence-electron chi connectivity index (χ4n) is 1.67. The van der Waals surface area contributed by atoms with E-state index in [4.69, 9.17) is 9.84 Å². The van der Waals surface area contributed by atoms with Crippen molar-refractivity contribution >= 4 is 0 Å². The van der Waals surface area contributed by atoms with Crippen LogP contribution in [0.3, 0.4) is 0 Å². The fourth-order valence-corrected chi connectivity index (χ4v) is 1.67. The summed E-state index contributed by atoms with van der Waals surface area (Å²) >= 11 is 0. The molecule has 0 aromatic carbocycles. The molecule has 1 heterocycles. The van der Waals surface area contributed by atoms with Gasteiger partial charge in [-0.25, -0.2) is 0 Å². The average Bonchev–Trinajstić information content (AvgIpc) is 1.99. The molecule has 1 fully saturated rings. The summed E-state index contributed by atoms with van der Waals surface area (Å²) in [6, 6.07) is 0. The second kappa shape index (κ2) is 4.40. The lowest BCUT2D eigenvalue weighted by molar-refractivity contribution is -0.0875. The van der Waals surface area contributed by atoms with Crippen molar-refractivity contribution in [2.75, 3.05) is 26.2 Å². The average molecular weight is 187 g/mol. The third kappa shape index (κ3) is 4.07. The van der Waals surface area contributed by atoms with E-state index in [1.165, 1.54) is 0 Å². The number of ether oxygens (including phenoxy) is 1. The molecule has 0 saturated carbocycles. The molecule has 3 heteroatoms. The Kier molecular flexibility index (Phi) is 3.71. The maximum Gasteiger partial charge on any atom is 0.0753 e. The fraction of sp³-hybridized carbons (Fsp3) is 1.00. The highest BCUT2D eigenvalue weighted by Crippen LogP contribution is 2.16. The SMILES string of the molecule is CC(O)CCN1CCOC(C)(C)C1. The molecular formula is C10H21NO2. The summed E-state index contributed by atoms with van der Waals surface area (Å²) in [5, 5.41) is 9.16. The molecule has 1 N–H and O–H groups in total. The lowest BCUT2D eigenvalue weighted by Gasteiger charge is -2.38. The van der Waals surface area contributed by atoms with Crippen LogP contribution >= 0.6 is 0 Å². The van der Waals surface area contributed by atoms with Crippen LogP contribution in [0.5, 0.6) is 0 Å². The molecule has 1 unspecified atom stereocenters. The quantitative estimate of drug-likeness (QED) is 0.711. The summed E-state index contributed by atoms with van der Waals surface area (Å²) in [4.78, 5) is 2.36. The molecule has 1 aliphatic rings. The zero-order valence-corrected chi connectivity index (χ0v) is 8.92. The van der Waals surface area contributed by atoms with Crippen molar-refractivity contribution in [3.8, 4) is 0 Å². The van der Waals surface area contributed by atoms with Gasteiger partial charge in [0.1, 0.15) is 0 Å². The number of aliphatic hydroxyl groups excluding tert-OH is 1. The minimum Gasteiger partial charge on any atom is -0.393 e. The summed E-state index contributed by atoms with van der Waals surface area (Å²) in [7, 11) is 0. The van der Waals surface area contributed by atoms with Crippen LogP contribution in [0.15, 0.2) is 0 Å². The number of nitrogens with zero attached hydrogens (tertiary/aromatic N) is 1. The second-order valence-electron chi connectivity index (χ2n) is 4.52. The van der Waals surface area contributed by atoms with E-state index in [1.807, 2.05) is 6.92 Å². The Balaban J connectivity index is 2.26. The predicted molar refractivity (Wildman–Crippen MR) is 52.8 cm³/mol. The highest BCUT2D eigenvalue weighted by molar-refractivity contribution is 4.79. The van der Waals surface area contributed by atoms with Crippen LogP contribution in [0, 0.1) is 0 Å². The van der Waals surface area contributed by atoms with Gasteiger partial charge in [0.2, 0.25) is 0 Å². The number of aliphatic hydroxyl groups is 1. The van der Waals surface area contributed by atoms with Gasteiger partial charge in [-0.1, -0.05) is 0 Å². The number of hydrogen-bond donors (Lipinski definition) is 1. The van der Waals surface area contributed by atoms with Crippen LogP contribution in [0.2, 0.25) is 0 Å². The van der Waals surface area contributed by atoms with E-state index in [1.54, 1.807) is 0 Å². The van der Waals surface area contributed by atoms with Crippen molar-refractivity contribution in [1.82, 2.24) is 4.90 Å². The Labute approximate surface area is 80.7 Å². The molecule has 0 aliphatic carbocycles. The monoisotopic (exact) mass is 187 g/mol. The van der Waals surface area contributed by atoms with Crippen LogP contribution in [0.25, 0.3) is 0 Å². The van der Waals surface area contributed by atoms with Crippen molar-refractivity contribution in [2.24, 2.45) is 0 Å². The van der Waals surface area contributed by atoms with Gasteiger partial charge in [-0.05, 0) is 27.2 Å². The van der Waals surface area contributed by atoms with E-state index >= 15 is 0 Å². The summed E-state index contributed by atoms with van der Waals surface area (Å²) in [5.74, 6) is 0. The van der Waals surface area contributed by atoms with Crippen molar-refractivity contribution in [3.63, 3.8) is 0 Å². The minimum atomic E-state index is -0.189. The smallest absolute Gasteiger partial charge is 0.0753 e. The van der Waals surface area contributed by atoms with Crippen molar-refractivity contribution in [3.05, 3.63) is 0 Å².